The molecule has 1 aromatic heterocycles. The van der Waals surface area contributed by atoms with Gasteiger partial charge in [-0.15, -0.1) is 0 Å². The van der Waals surface area contributed by atoms with Crippen LogP contribution in [0.2, 0.25) is 5.02 Å². The van der Waals surface area contributed by atoms with E-state index in [2.05, 4.69) is 15.3 Å². The minimum absolute atomic E-state index is 0. The Morgan fingerprint density at radius 3 is 2.83 bits per heavy atom. The Kier molecular flexibility index (Phi) is 5.40. The third-order valence-electron chi connectivity index (χ3n) is 3.49. The fourth-order valence-electron chi connectivity index (χ4n) is 2.41. The molecule has 23 heavy (non-hydrogen) atoms. The number of nitrogens with zero attached hydrogens (tertiary/aromatic N) is 2. The molecule has 112 valence electrons. The fourth-order valence-corrected chi connectivity index (χ4v) is 2.58. The normalized spacial score (nSPS) is 12.0. The second kappa shape index (κ2) is 7.34. The van der Waals surface area contributed by atoms with Gasteiger partial charge in [-0.25, -0.2) is 9.97 Å². The van der Waals surface area contributed by atoms with E-state index >= 15 is 0 Å². The molecule has 2 aromatic carbocycles. The number of hydrogen-bond acceptors (Lipinski definition) is 5. The van der Waals surface area contributed by atoms with E-state index in [1.54, 1.807) is 0 Å². The van der Waals surface area contributed by atoms with E-state index in [0.717, 1.165) is 33.8 Å². The average Bonchev–Trinajstić information content (AvgIpc) is 3.00. The van der Waals surface area contributed by atoms with Gasteiger partial charge in [0.15, 0.2) is 11.5 Å². The Morgan fingerprint density at radius 2 is 1.91 bits per heavy atom. The molecule has 0 saturated heterocycles. The van der Waals surface area contributed by atoms with Gasteiger partial charge in [-0.2, -0.15) is 0 Å². The standard InChI is InChI=1S/C16H12ClN3O2.K.H/c17-11-2-3-13-12(6-11)16(20-8-19-13)18-7-10-1-4-14-15(5-10)22-9-21-14;;/h1-6,8H,7,9H2,(H,18,19,20);;. The Morgan fingerprint density at radius 1 is 1.04 bits per heavy atom. The number of nitrogens with one attached hydrogen (secondary N) is 1. The molecule has 2 heterocycles. The molecule has 0 unspecified atom stereocenters. The predicted octanol–water partition coefficient (Wildman–Crippen LogP) is 2.98. The third kappa shape index (κ3) is 3.62. The van der Waals surface area contributed by atoms with Crippen molar-refractivity contribution in [3.8, 4) is 11.5 Å². The van der Waals surface area contributed by atoms with E-state index < -0.39 is 0 Å². The number of aromatic nitrogens is 2. The summed E-state index contributed by atoms with van der Waals surface area (Å²) >= 11 is 6.06. The Balaban J connectivity index is 0.00000156. The zero-order valence-corrected chi connectivity index (χ0v) is 12.3. The Labute approximate surface area is 180 Å². The summed E-state index contributed by atoms with van der Waals surface area (Å²) in [5, 5.41) is 4.88. The first kappa shape index (κ1) is 16.9. The number of rotatable bonds is 3. The SMILES string of the molecule is Clc1ccc2ncnc(NCc3ccc4c(c3)OCO4)c2c1.[KH]. The van der Waals surface area contributed by atoms with Crippen LogP contribution in [0.5, 0.6) is 11.5 Å². The summed E-state index contributed by atoms with van der Waals surface area (Å²) < 4.78 is 10.7. The van der Waals surface area contributed by atoms with Gasteiger partial charge in [-0.3, -0.25) is 0 Å². The van der Waals surface area contributed by atoms with Crippen LogP contribution in [-0.2, 0) is 6.54 Å². The monoisotopic (exact) mass is 353 g/mol. The van der Waals surface area contributed by atoms with Gasteiger partial charge in [0.05, 0.1) is 5.52 Å². The van der Waals surface area contributed by atoms with E-state index in [-0.39, 0.29) is 58.2 Å². The van der Waals surface area contributed by atoms with Crippen LogP contribution in [0.15, 0.2) is 42.7 Å². The van der Waals surface area contributed by atoms with Crippen LogP contribution < -0.4 is 14.8 Å². The number of halogens is 1. The summed E-state index contributed by atoms with van der Waals surface area (Å²) in [6.07, 6.45) is 1.54. The van der Waals surface area contributed by atoms with Crippen LogP contribution in [0.25, 0.3) is 10.9 Å². The van der Waals surface area contributed by atoms with Gasteiger partial charge < -0.3 is 14.8 Å². The molecule has 0 saturated carbocycles. The summed E-state index contributed by atoms with van der Waals surface area (Å²) in [6, 6.07) is 11.4. The number of benzene rings is 2. The molecule has 0 atom stereocenters. The van der Waals surface area contributed by atoms with Crippen molar-refractivity contribution >= 4 is 79.7 Å². The molecule has 7 heteroatoms. The van der Waals surface area contributed by atoms with Crippen LogP contribution in [-0.4, -0.2) is 68.1 Å². The van der Waals surface area contributed by atoms with Crippen LogP contribution in [0.3, 0.4) is 0 Å². The molecular weight excluding hydrogens is 341 g/mol. The van der Waals surface area contributed by atoms with Gasteiger partial charge >= 0.3 is 51.4 Å². The average molecular weight is 354 g/mol. The molecular formula is C16H13ClKN3O2. The summed E-state index contributed by atoms with van der Waals surface area (Å²) in [6.45, 7) is 0.899. The van der Waals surface area contributed by atoms with E-state index in [1.807, 2.05) is 36.4 Å². The first-order chi connectivity index (χ1) is 10.8. The fraction of sp³-hybridized carbons (Fsp3) is 0.125. The van der Waals surface area contributed by atoms with Crippen molar-refractivity contribution in [1.82, 2.24) is 9.97 Å². The van der Waals surface area contributed by atoms with Crippen molar-refractivity contribution in [2.45, 2.75) is 6.54 Å². The van der Waals surface area contributed by atoms with E-state index in [1.165, 1.54) is 6.33 Å². The molecule has 1 aliphatic heterocycles. The summed E-state index contributed by atoms with van der Waals surface area (Å²) in [5.74, 6) is 2.31. The zero-order chi connectivity index (χ0) is 14.9. The summed E-state index contributed by atoms with van der Waals surface area (Å²) in [7, 11) is 0. The van der Waals surface area contributed by atoms with Crippen molar-refractivity contribution in [1.29, 1.82) is 0 Å². The zero-order valence-electron chi connectivity index (χ0n) is 11.5. The topological polar surface area (TPSA) is 56.3 Å². The van der Waals surface area contributed by atoms with Gasteiger partial charge in [0.25, 0.3) is 0 Å². The molecule has 0 bridgehead atoms. The Hall–Kier alpha value is -0.894. The van der Waals surface area contributed by atoms with Crippen molar-refractivity contribution < 1.29 is 9.47 Å². The van der Waals surface area contributed by atoms with Gasteiger partial charge in [0, 0.05) is 17.0 Å². The van der Waals surface area contributed by atoms with Crippen LogP contribution in [0.4, 0.5) is 5.82 Å². The summed E-state index contributed by atoms with van der Waals surface area (Å²) in [5.41, 5.74) is 1.94. The van der Waals surface area contributed by atoms with E-state index in [0.29, 0.717) is 11.6 Å². The predicted molar refractivity (Wildman–Crippen MR) is 91.6 cm³/mol. The van der Waals surface area contributed by atoms with E-state index in [4.69, 9.17) is 21.1 Å². The minimum atomic E-state index is 0. The van der Waals surface area contributed by atoms with Crippen LogP contribution in [0.1, 0.15) is 5.56 Å². The molecule has 0 amide bonds. The van der Waals surface area contributed by atoms with Crippen molar-refractivity contribution in [2.24, 2.45) is 0 Å². The second-order valence-corrected chi connectivity index (χ2v) is 5.36. The molecule has 3 aromatic rings. The number of hydrogen-bond donors (Lipinski definition) is 1. The van der Waals surface area contributed by atoms with Gasteiger partial charge in [0.1, 0.15) is 12.1 Å². The molecule has 4 rings (SSSR count). The van der Waals surface area contributed by atoms with Gasteiger partial charge in [-0.05, 0) is 35.9 Å². The number of ether oxygens (including phenoxy) is 2. The molecule has 0 fully saturated rings. The van der Waals surface area contributed by atoms with Gasteiger partial charge in [-0.1, -0.05) is 17.7 Å². The molecule has 0 radical (unpaired) electrons. The molecule has 1 aliphatic rings. The first-order valence-electron chi connectivity index (χ1n) is 6.82. The van der Waals surface area contributed by atoms with Crippen LogP contribution in [0, 0.1) is 0 Å². The summed E-state index contributed by atoms with van der Waals surface area (Å²) in [4.78, 5) is 8.54. The molecule has 0 aliphatic carbocycles. The van der Waals surface area contributed by atoms with Crippen molar-refractivity contribution in [2.75, 3.05) is 12.1 Å². The maximum atomic E-state index is 6.06. The first-order valence-corrected chi connectivity index (χ1v) is 7.20. The maximum absolute atomic E-state index is 6.06. The number of anilines is 1. The van der Waals surface area contributed by atoms with Gasteiger partial charge in [0.2, 0.25) is 6.79 Å². The molecule has 0 spiro atoms. The molecule has 1 N–H and O–H groups in total. The molecule has 5 nitrogen and oxygen atoms in total. The van der Waals surface area contributed by atoms with Crippen molar-refractivity contribution in [3.05, 3.63) is 53.3 Å². The third-order valence-corrected chi connectivity index (χ3v) is 3.73. The quantitative estimate of drug-likeness (QED) is 0.734. The Bertz CT molecular complexity index is 860. The van der Waals surface area contributed by atoms with Crippen molar-refractivity contribution in [3.63, 3.8) is 0 Å². The number of fused-ring (bicyclic) bond motifs is 2. The second-order valence-electron chi connectivity index (χ2n) is 4.92. The van der Waals surface area contributed by atoms with Crippen LogP contribution >= 0.6 is 11.6 Å². The van der Waals surface area contributed by atoms with E-state index in [9.17, 15) is 0 Å².